The highest BCUT2D eigenvalue weighted by Crippen LogP contribution is 2.14. The lowest BCUT2D eigenvalue weighted by Gasteiger charge is -2.15. The summed E-state index contributed by atoms with van der Waals surface area (Å²) in [5.74, 6) is -0.659. The highest BCUT2D eigenvalue weighted by atomic mass is 16.6. The third kappa shape index (κ3) is 59.6. The van der Waals surface area contributed by atoms with E-state index in [1.54, 1.807) is 0 Å². The van der Waals surface area contributed by atoms with Crippen LogP contribution in [-0.2, 0) is 19.1 Å². The molecule has 1 N–H and O–H groups in total. The van der Waals surface area contributed by atoms with Crippen molar-refractivity contribution in [3.05, 3.63) is 182 Å². The number of hydrogen-bond donors (Lipinski definition) is 1. The van der Waals surface area contributed by atoms with Crippen LogP contribution in [0.15, 0.2) is 182 Å². The molecule has 412 valence electrons. The van der Waals surface area contributed by atoms with E-state index in [-0.39, 0.29) is 31.6 Å². The van der Waals surface area contributed by atoms with Crippen molar-refractivity contribution in [2.75, 3.05) is 13.2 Å². The van der Waals surface area contributed by atoms with Gasteiger partial charge in [-0.05, 0) is 135 Å². The Morgan fingerprint density at radius 3 is 0.838 bits per heavy atom. The van der Waals surface area contributed by atoms with Crippen LogP contribution >= 0.6 is 0 Å². The number of aliphatic hydroxyl groups is 1. The first-order valence-corrected chi connectivity index (χ1v) is 29.3. The summed E-state index contributed by atoms with van der Waals surface area (Å²) in [5, 5.41) is 9.66. The predicted octanol–water partition coefficient (Wildman–Crippen LogP) is 20.3. The van der Waals surface area contributed by atoms with Gasteiger partial charge in [-0.15, -0.1) is 0 Å². The number of allylic oxidation sites excluding steroid dienone is 30. The standard InChI is InChI=1S/C69H106O5/c1-3-5-7-9-11-13-15-17-19-21-23-25-27-29-31-32-33-34-35-36-38-40-42-44-46-48-50-52-54-56-58-60-62-64-69(72)74-67(65-70)66-73-68(71)63-61-59-57-55-53-51-49-47-45-43-41-39-37-30-28-26-24-22-20-18-16-14-12-10-8-6-4-2/h5-8,11-14,17-20,23-26,29-31,33-34,36-38,42,44,48,50,54,56,67,70H,3-4,9-10,15-16,21-22,27-28,32,35,39-41,43,45-47,49,51-53,55,57-66H2,1-2H3/b7-5-,8-6-,13-11-,14-12-,19-17-,20-18-,25-23-,26-24-,31-29-,34-33-,37-30-,38-36-,44-42-,50-48-,56-54-. The van der Waals surface area contributed by atoms with E-state index in [0.717, 1.165) is 128 Å². The van der Waals surface area contributed by atoms with E-state index in [2.05, 4.69) is 196 Å². The normalized spacial score (nSPS) is 13.6. The maximum atomic E-state index is 12.3. The monoisotopic (exact) mass is 1010 g/mol. The number of carbonyl (C=O) groups excluding carboxylic acids is 2. The fraction of sp³-hybridized carbons (Fsp3) is 0.536. The Kier molecular flexibility index (Phi) is 58.1. The molecule has 1 unspecified atom stereocenters. The maximum Gasteiger partial charge on any atom is 0.306 e. The number of esters is 2. The van der Waals surface area contributed by atoms with E-state index in [4.69, 9.17) is 9.47 Å². The van der Waals surface area contributed by atoms with Crippen LogP contribution in [0.2, 0.25) is 0 Å². The van der Waals surface area contributed by atoms with Crippen molar-refractivity contribution in [3.63, 3.8) is 0 Å². The molecule has 5 nitrogen and oxygen atoms in total. The largest absolute Gasteiger partial charge is 0.462 e. The summed E-state index contributed by atoms with van der Waals surface area (Å²) in [4.78, 5) is 24.5. The lowest BCUT2D eigenvalue weighted by molar-refractivity contribution is -0.161. The minimum absolute atomic E-state index is 0.0979. The highest BCUT2D eigenvalue weighted by Gasteiger charge is 2.16. The molecule has 0 saturated heterocycles. The molecule has 0 bridgehead atoms. The molecule has 1 atom stereocenters. The van der Waals surface area contributed by atoms with Gasteiger partial charge >= 0.3 is 11.9 Å². The lowest BCUT2D eigenvalue weighted by Crippen LogP contribution is -2.28. The first-order valence-electron chi connectivity index (χ1n) is 29.3. The Bertz CT molecular complexity index is 1720. The zero-order valence-electron chi connectivity index (χ0n) is 47.0. The summed E-state index contributed by atoms with van der Waals surface area (Å²) in [7, 11) is 0. The summed E-state index contributed by atoms with van der Waals surface area (Å²) in [6, 6.07) is 0. The van der Waals surface area contributed by atoms with Gasteiger partial charge in [-0.3, -0.25) is 9.59 Å². The average Bonchev–Trinajstić information content (AvgIpc) is 3.40. The van der Waals surface area contributed by atoms with Crippen molar-refractivity contribution in [2.45, 2.75) is 225 Å². The molecule has 0 heterocycles. The van der Waals surface area contributed by atoms with Crippen molar-refractivity contribution >= 4 is 11.9 Å². The van der Waals surface area contributed by atoms with Crippen LogP contribution in [0.1, 0.15) is 219 Å². The minimum atomic E-state index is -0.813. The van der Waals surface area contributed by atoms with E-state index in [1.165, 1.54) is 57.8 Å². The topological polar surface area (TPSA) is 72.8 Å². The Morgan fingerprint density at radius 2 is 0.541 bits per heavy atom. The molecule has 0 aromatic carbocycles. The van der Waals surface area contributed by atoms with Gasteiger partial charge in [0.1, 0.15) is 6.61 Å². The number of unbranched alkanes of at least 4 members (excludes halogenated alkanes) is 13. The van der Waals surface area contributed by atoms with Crippen LogP contribution in [0, 0.1) is 0 Å². The van der Waals surface area contributed by atoms with E-state index in [0.29, 0.717) is 12.8 Å². The summed E-state index contributed by atoms with van der Waals surface area (Å²) in [6.45, 7) is 3.86. The molecule has 74 heavy (non-hydrogen) atoms. The third-order valence-electron chi connectivity index (χ3n) is 11.7. The molecule has 0 fully saturated rings. The smallest absolute Gasteiger partial charge is 0.306 e. The summed E-state index contributed by atoms with van der Waals surface area (Å²) >= 11 is 0. The molecule has 0 amide bonds. The molecule has 0 spiro atoms. The Balaban J connectivity index is 3.68. The second-order valence-electron chi connectivity index (χ2n) is 18.6. The fourth-order valence-electron chi connectivity index (χ4n) is 7.37. The van der Waals surface area contributed by atoms with Crippen molar-refractivity contribution < 1.29 is 24.2 Å². The first kappa shape index (κ1) is 69.0. The summed E-state index contributed by atoms with van der Waals surface area (Å²) < 4.78 is 10.7. The minimum Gasteiger partial charge on any atom is -0.462 e. The Hall–Kier alpha value is -5.00. The molecular formula is C69H106O5. The van der Waals surface area contributed by atoms with Crippen LogP contribution in [0.25, 0.3) is 0 Å². The number of aliphatic hydroxyl groups excluding tert-OH is 1. The Morgan fingerprint density at radius 1 is 0.311 bits per heavy atom. The quantitative estimate of drug-likeness (QED) is 0.0373. The van der Waals surface area contributed by atoms with Gasteiger partial charge in [-0.2, -0.15) is 0 Å². The maximum absolute atomic E-state index is 12.3. The number of carbonyl (C=O) groups is 2. The van der Waals surface area contributed by atoms with Gasteiger partial charge < -0.3 is 14.6 Å². The molecule has 0 aromatic rings. The molecule has 0 aliphatic heterocycles. The van der Waals surface area contributed by atoms with E-state index in [9.17, 15) is 14.7 Å². The third-order valence-corrected chi connectivity index (χ3v) is 11.7. The number of ether oxygens (including phenoxy) is 2. The average molecular weight is 1020 g/mol. The van der Waals surface area contributed by atoms with Gasteiger partial charge in [0, 0.05) is 12.8 Å². The van der Waals surface area contributed by atoms with E-state index in [1.807, 2.05) is 0 Å². The predicted molar refractivity (Wildman–Crippen MR) is 324 cm³/mol. The van der Waals surface area contributed by atoms with Crippen molar-refractivity contribution in [1.82, 2.24) is 0 Å². The first-order chi connectivity index (χ1) is 36.6. The van der Waals surface area contributed by atoms with Gasteiger partial charge in [0.15, 0.2) is 6.10 Å². The van der Waals surface area contributed by atoms with Gasteiger partial charge in [0.05, 0.1) is 6.61 Å². The molecule has 0 aliphatic rings. The van der Waals surface area contributed by atoms with Crippen LogP contribution in [0.5, 0.6) is 0 Å². The van der Waals surface area contributed by atoms with E-state index < -0.39 is 6.10 Å². The fourth-order valence-corrected chi connectivity index (χ4v) is 7.37. The van der Waals surface area contributed by atoms with Gasteiger partial charge in [-0.1, -0.05) is 254 Å². The molecule has 0 aliphatic carbocycles. The molecule has 0 saturated carbocycles. The highest BCUT2D eigenvalue weighted by molar-refractivity contribution is 5.70. The van der Waals surface area contributed by atoms with Crippen molar-refractivity contribution in [3.8, 4) is 0 Å². The molecule has 5 heteroatoms. The van der Waals surface area contributed by atoms with Crippen molar-refractivity contribution in [1.29, 1.82) is 0 Å². The van der Waals surface area contributed by atoms with Crippen LogP contribution in [-0.4, -0.2) is 36.4 Å². The van der Waals surface area contributed by atoms with Gasteiger partial charge in [-0.25, -0.2) is 0 Å². The van der Waals surface area contributed by atoms with Crippen LogP contribution < -0.4 is 0 Å². The lowest BCUT2D eigenvalue weighted by atomic mass is 10.0. The summed E-state index contributed by atoms with van der Waals surface area (Å²) in [6.07, 6.45) is 98.6. The summed E-state index contributed by atoms with van der Waals surface area (Å²) in [5.41, 5.74) is 0. The SMILES string of the molecule is CC/C=C\C/C=C\C/C=C\C/C=C\C/C=C\C/C=C\C/C=C\C/C=C\C/C=C\C/C=C\CCCCC(=O)OC(CO)COC(=O)CCCCCCCCCCCCC/C=C\C/C=C\C/C=C\C/C=C\C/C=C\CC. The molecular weight excluding hydrogens is 909 g/mol. The zero-order chi connectivity index (χ0) is 53.4. The van der Waals surface area contributed by atoms with Gasteiger partial charge in [0.2, 0.25) is 0 Å². The molecule has 0 aromatic heterocycles. The zero-order valence-corrected chi connectivity index (χ0v) is 47.0. The second-order valence-corrected chi connectivity index (χ2v) is 18.6. The Labute approximate surface area is 455 Å². The number of rotatable bonds is 51. The van der Waals surface area contributed by atoms with Crippen LogP contribution in [0.4, 0.5) is 0 Å². The molecule has 0 rings (SSSR count). The second kappa shape index (κ2) is 62.3. The van der Waals surface area contributed by atoms with Crippen molar-refractivity contribution in [2.24, 2.45) is 0 Å². The van der Waals surface area contributed by atoms with E-state index >= 15 is 0 Å². The number of hydrogen-bond acceptors (Lipinski definition) is 5. The van der Waals surface area contributed by atoms with Gasteiger partial charge in [0.25, 0.3) is 0 Å². The molecule has 0 radical (unpaired) electrons. The van der Waals surface area contributed by atoms with Crippen LogP contribution in [0.3, 0.4) is 0 Å².